The van der Waals surface area contributed by atoms with E-state index in [4.69, 9.17) is 27.9 Å². The number of nitrogens with zero attached hydrogens (tertiary/aromatic N) is 1. The molecule has 0 aliphatic rings. The van der Waals surface area contributed by atoms with Crippen molar-refractivity contribution < 1.29 is 17.9 Å². The summed E-state index contributed by atoms with van der Waals surface area (Å²) >= 11 is 11.7. The summed E-state index contributed by atoms with van der Waals surface area (Å²) < 4.78 is 30.9. The molecule has 1 N–H and O–H groups in total. The molecule has 0 saturated heterocycles. The maximum atomic E-state index is 12.4. The maximum absolute atomic E-state index is 12.4. The molecule has 1 unspecified atom stereocenters. The Morgan fingerprint density at radius 1 is 1.15 bits per heavy atom. The lowest BCUT2D eigenvalue weighted by Crippen LogP contribution is -2.48. The first kappa shape index (κ1) is 21.3. The summed E-state index contributed by atoms with van der Waals surface area (Å²) in [6, 6.07) is 12.2. The molecule has 9 heteroatoms. The average Bonchev–Trinajstić information content (AvgIpc) is 2.59. The predicted molar refractivity (Wildman–Crippen MR) is 108 cm³/mol. The van der Waals surface area contributed by atoms with Crippen LogP contribution in [0, 0.1) is 0 Å². The first-order chi connectivity index (χ1) is 12.7. The molecule has 6 nitrogen and oxygen atoms in total. The van der Waals surface area contributed by atoms with Gasteiger partial charge in [0, 0.05) is 10.0 Å². The van der Waals surface area contributed by atoms with E-state index in [1.165, 1.54) is 13.0 Å². The summed E-state index contributed by atoms with van der Waals surface area (Å²) in [5.74, 6) is 0.179. The molecule has 0 heterocycles. The largest absolute Gasteiger partial charge is 0.492 e. The number of rotatable bonds is 8. The van der Waals surface area contributed by atoms with Crippen LogP contribution >= 0.6 is 23.2 Å². The topological polar surface area (TPSA) is 75.7 Å². The van der Waals surface area contributed by atoms with Gasteiger partial charge in [0.25, 0.3) is 0 Å². The fourth-order valence-electron chi connectivity index (χ4n) is 2.44. The zero-order chi connectivity index (χ0) is 20.0. The van der Waals surface area contributed by atoms with Crippen molar-refractivity contribution in [1.82, 2.24) is 5.32 Å². The van der Waals surface area contributed by atoms with E-state index in [9.17, 15) is 13.2 Å². The van der Waals surface area contributed by atoms with Crippen molar-refractivity contribution in [3.63, 3.8) is 0 Å². The maximum Gasteiger partial charge on any atom is 0.243 e. The summed E-state index contributed by atoms with van der Waals surface area (Å²) in [5.41, 5.74) is 0.324. The third-order valence-electron chi connectivity index (χ3n) is 3.63. The molecule has 0 radical (unpaired) electrons. The van der Waals surface area contributed by atoms with Crippen LogP contribution in [0.5, 0.6) is 5.75 Å². The van der Waals surface area contributed by atoms with Crippen molar-refractivity contribution in [2.24, 2.45) is 0 Å². The van der Waals surface area contributed by atoms with E-state index in [2.05, 4.69) is 5.32 Å². The Morgan fingerprint density at radius 3 is 2.41 bits per heavy atom. The summed E-state index contributed by atoms with van der Waals surface area (Å²) in [7, 11) is -3.69. The number of ether oxygens (including phenoxy) is 1. The molecule has 0 aliphatic carbocycles. The highest BCUT2D eigenvalue weighted by Gasteiger charge is 2.29. The zero-order valence-electron chi connectivity index (χ0n) is 14.9. The van der Waals surface area contributed by atoms with Gasteiger partial charge in [-0.15, -0.1) is 0 Å². The molecule has 1 amide bonds. The van der Waals surface area contributed by atoms with Crippen LogP contribution in [0.3, 0.4) is 0 Å². The molecule has 0 bridgehead atoms. The smallest absolute Gasteiger partial charge is 0.243 e. The first-order valence-electron chi connectivity index (χ1n) is 8.09. The molecule has 0 saturated carbocycles. The molecule has 2 rings (SSSR count). The Hall–Kier alpha value is -1.96. The standard InChI is InChI=1S/C18H20Cl2N2O4S/c1-13(22(27(2,24)25)16-5-3-4-15(20)12-16)18(23)21-10-11-26-17-8-6-14(19)7-9-17/h3-9,12-13H,10-11H2,1-2H3,(H,21,23). The highest BCUT2D eigenvalue weighted by molar-refractivity contribution is 7.92. The second-order valence-corrected chi connectivity index (χ2v) is 8.54. The summed E-state index contributed by atoms with van der Waals surface area (Å²) in [4.78, 5) is 12.4. The number of hydrogen-bond donors (Lipinski definition) is 1. The van der Waals surface area contributed by atoms with Gasteiger partial charge < -0.3 is 10.1 Å². The first-order valence-corrected chi connectivity index (χ1v) is 10.7. The molecule has 0 aromatic heterocycles. The van der Waals surface area contributed by atoms with Crippen molar-refractivity contribution in [1.29, 1.82) is 0 Å². The quantitative estimate of drug-likeness (QED) is 0.651. The second-order valence-electron chi connectivity index (χ2n) is 5.81. The van der Waals surface area contributed by atoms with Crippen LogP contribution in [0.15, 0.2) is 48.5 Å². The minimum atomic E-state index is -3.69. The van der Waals surface area contributed by atoms with Gasteiger partial charge in [-0.25, -0.2) is 8.42 Å². The highest BCUT2D eigenvalue weighted by Crippen LogP contribution is 2.24. The number of nitrogens with one attached hydrogen (secondary N) is 1. The van der Waals surface area contributed by atoms with Crippen LogP contribution in [0.2, 0.25) is 10.0 Å². The van der Waals surface area contributed by atoms with E-state index in [-0.39, 0.29) is 13.2 Å². The van der Waals surface area contributed by atoms with E-state index >= 15 is 0 Å². The molecule has 146 valence electrons. The Balaban J connectivity index is 1.97. The number of amides is 1. The van der Waals surface area contributed by atoms with Crippen LogP contribution in [0.4, 0.5) is 5.69 Å². The van der Waals surface area contributed by atoms with Crippen LogP contribution in [0.25, 0.3) is 0 Å². The van der Waals surface area contributed by atoms with Gasteiger partial charge in [-0.1, -0.05) is 29.3 Å². The van der Waals surface area contributed by atoms with Crippen molar-refractivity contribution in [3.05, 3.63) is 58.6 Å². The zero-order valence-corrected chi connectivity index (χ0v) is 17.2. The Morgan fingerprint density at radius 2 is 1.81 bits per heavy atom. The van der Waals surface area contributed by atoms with Gasteiger partial charge in [-0.3, -0.25) is 9.10 Å². The molecular weight excluding hydrogens is 411 g/mol. The molecule has 1 atom stereocenters. The van der Waals surface area contributed by atoms with Crippen LogP contribution < -0.4 is 14.4 Å². The van der Waals surface area contributed by atoms with Crippen molar-refractivity contribution in [2.75, 3.05) is 23.7 Å². The molecule has 2 aromatic rings. The Kier molecular flexibility index (Phi) is 7.35. The molecular formula is C18H20Cl2N2O4S. The van der Waals surface area contributed by atoms with Gasteiger partial charge in [-0.2, -0.15) is 0 Å². The van der Waals surface area contributed by atoms with E-state index in [0.29, 0.717) is 21.5 Å². The van der Waals surface area contributed by atoms with E-state index in [1.807, 2.05) is 0 Å². The number of benzene rings is 2. The van der Waals surface area contributed by atoms with Gasteiger partial charge in [0.2, 0.25) is 15.9 Å². The van der Waals surface area contributed by atoms with Gasteiger partial charge in [0.15, 0.2) is 0 Å². The van der Waals surface area contributed by atoms with Crippen LogP contribution in [-0.4, -0.2) is 39.8 Å². The summed E-state index contributed by atoms with van der Waals surface area (Å²) in [6.07, 6.45) is 1.04. The second kappa shape index (κ2) is 9.30. The SMILES string of the molecule is CC(C(=O)NCCOc1ccc(Cl)cc1)N(c1cccc(Cl)c1)S(C)(=O)=O. The van der Waals surface area contributed by atoms with Crippen molar-refractivity contribution in [2.45, 2.75) is 13.0 Å². The Bertz CT molecular complexity index is 888. The van der Waals surface area contributed by atoms with Crippen molar-refractivity contribution in [3.8, 4) is 5.75 Å². The summed E-state index contributed by atoms with van der Waals surface area (Å²) in [6.45, 7) is 1.96. The van der Waals surface area contributed by atoms with Crippen molar-refractivity contribution >= 4 is 44.8 Å². The minimum Gasteiger partial charge on any atom is -0.492 e. The van der Waals surface area contributed by atoms with Gasteiger partial charge in [0.1, 0.15) is 18.4 Å². The molecule has 2 aromatic carbocycles. The Labute approximate surface area is 169 Å². The lowest BCUT2D eigenvalue weighted by Gasteiger charge is -2.28. The molecule has 27 heavy (non-hydrogen) atoms. The lowest BCUT2D eigenvalue weighted by molar-refractivity contribution is -0.121. The minimum absolute atomic E-state index is 0.221. The van der Waals surface area contributed by atoms with Crippen LogP contribution in [0.1, 0.15) is 6.92 Å². The number of sulfonamides is 1. The number of carbonyl (C=O) groups excluding carboxylic acids is 1. The molecule has 0 spiro atoms. The van der Waals surface area contributed by atoms with Gasteiger partial charge >= 0.3 is 0 Å². The summed E-state index contributed by atoms with van der Waals surface area (Å²) in [5, 5.41) is 3.65. The van der Waals surface area contributed by atoms with Gasteiger partial charge in [-0.05, 0) is 49.4 Å². The lowest BCUT2D eigenvalue weighted by atomic mass is 10.2. The third-order valence-corrected chi connectivity index (χ3v) is 5.36. The number of hydrogen-bond acceptors (Lipinski definition) is 4. The normalized spacial score (nSPS) is 12.3. The number of halogens is 2. The average molecular weight is 431 g/mol. The molecule has 0 aliphatic heterocycles. The van der Waals surface area contributed by atoms with E-state index in [1.54, 1.807) is 42.5 Å². The monoisotopic (exact) mass is 430 g/mol. The van der Waals surface area contributed by atoms with E-state index in [0.717, 1.165) is 10.6 Å². The van der Waals surface area contributed by atoms with Gasteiger partial charge in [0.05, 0.1) is 18.5 Å². The third kappa shape index (κ3) is 6.30. The number of anilines is 1. The number of carbonyl (C=O) groups is 1. The fourth-order valence-corrected chi connectivity index (χ4v) is 3.92. The highest BCUT2D eigenvalue weighted by atomic mass is 35.5. The van der Waals surface area contributed by atoms with Crippen LogP contribution in [-0.2, 0) is 14.8 Å². The molecule has 0 fully saturated rings. The predicted octanol–water partition coefficient (Wildman–Crippen LogP) is 3.34. The fraction of sp³-hybridized carbons (Fsp3) is 0.278. The van der Waals surface area contributed by atoms with E-state index < -0.39 is 22.0 Å².